The Bertz CT molecular complexity index is 823. The van der Waals surface area contributed by atoms with Crippen LogP contribution in [0, 0.1) is 0 Å². The maximum absolute atomic E-state index is 12.8. The van der Waals surface area contributed by atoms with Gasteiger partial charge < -0.3 is 0 Å². The van der Waals surface area contributed by atoms with Crippen LogP contribution in [0.25, 0.3) is 0 Å². The minimum Gasteiger partial charge on any atom is -0.202 e. The van der Waals surface area contributed by atoms with Gasteiger partial charge in [0.05, 0.1) is 6.04 Å². The third kappa shape index (κ3) is 3.35. The number of nitrogens with zero attached hydrogens (tertiary/aromatic N) is 1. The molecule has 0 saturated carbocycles. The summed E-state index contributed by atoms with van der Waals surface area (Å²) in [5, 5.41) is 0.579. The first kappa shape index (κ1) is 17.4. The normalized spacial score (nSPS) is 18.3. The average molecular weight is 365 g/mol. The van der Waals surface area contributed by atoms with E-state index in [0.717, 1.165) is 17.5 Å². The molecule has 2 aromatic carbocycles. The van der Waals surface area contributed by atoms with Gasteiger partial charge in [0.1, 0.15) is 0 Å². The van der Waals surface area contributed by atoms with E-state index in [1.807, 2.05) is 43.3 Å². The molecule has 4 nitrogen and oxygen atoms in total. The quantitative estimate of drug-likeness (QED) is 0.882. The Kier molecular flexibility index (Phi) is 5.25. The molecule has 3 rings (SSSR count). The van der Waals surface area contributed by atoms with Crippen LogP contribution < -0.4 is 4.72 Å². The number of halogens is 1. The topological polar surface area (TPSA) is 49.4 Å². The van der Waals surface area contributed by atoms with Gasteiger partial charge in [0, 0.05) is 18.1 Å². The molecule has 0 aromatic heterocycles. The second-order valence-corrected chi connectivity index (χ2v) is 8.00. The van der Waals surface area contributed by atoms with Crippen molar-refractivity contribution in [3.05, 3.63) is 70.2 Å². The summed E-state index contributed by atoms with van der Waals surface area (Å²) in [6.07, 6.45) is 1.45. The molecule has 0 amide bonds. The number of fused-ring (bicyclic) bond motifs is 1. The zero-order valence-corrected chi connectivity index (χ0v) is 15.1. The van der Waals surface area contributed by atoms with E-state index >= 15 is 0 Å². The lowest BCUT2D eigenvalue weighted by Crippen LogP contribution is -2.46. The first-order chi connectivity index (χ1) is 11.5. The van der Waals surface area contributed by atoms with Gasteiger partial charge in [-0.15, -0.1) is 0 Å². The van der Waals surface area contributed by atoms with Crippen molar-refractivity contribution in [1.29, 1.82) is 0 Å². The average Bonchev–Trinajstić information content (AvgIpc) is 2.59. The summed E-state index contributed by atoms with van der Waals surface area (Å²) in [5.74, 6) is 0. The summed E-state index contributed by atoms with van der Waals surface area (Å²) < 4.78 is 29.9. The predicted octanol–water partition coefficient (Wildman–Crippen LogP) is 3.53. The van der Waals surface area contributed by atoms with Crippen LogP contribution in [0.1, 0.15) is 36.1 Å². The van der Waals surface area contributed by atoms with E-state index < -0.39 is 16.3 Å². The van der Waals surface area contributed by atoms with Gasteiger partial charge in [0.25, 0.3) is 10.2 Å². The van der Waals surface area contributed by atoms with E-state index in [-0.39, 0.29) is 0 Å². The lowest BCUT2D eigenvalue weighted by atomic mass is 9.90. The van der Waals surface area contributed by atoms with Crippen LogP contribution in [0.2, 0.25) is 5.02 Å². The zero-order chi connectivity index (χ0) is 17.2. The van der Waals surface area contributed by atoms with Gasteiger partial charge >= 0.3 is 0 Å². The van der Waals surface area contributed by atoms with Crippen LogP contribution in [0.4, 0.5) is 0 Å². The Labute approximate surface area is 148 Å². The van der Waals surface area contributed by atoms with E-state index in [9.17, 15) is 8.42 Å². The lowest BCUT2D eigenvalue weighted by molar-refractivity contribution is 0.338. The van der Waals surface area contributed by atoms with Crippen molar-refractivity contribution in [3.8, 4) is 0 Å². The highest BCUT2D eigenvalue weighted by Crippen LogP contribution is 2.39. The lowest BCUT2D eigenvalue weighted by Gasteiger charge is -2.37. The van der Waals surface area contributed by atoms with Crippen LogP contribution in [0.3, 0.4) is 0 Å². The fraction of sp³-hybridized carbons (Fsp3) is 0.333. The van der Waals surface area contributed by atoms with E-state index in [4.69, 9.17) is 11.6 Å². The fourth-order valence-corrected chi connectivity index (χ4v) is 4.84. The van der Waals surface area contributed by atoms with Crippen molar-refractivity contribution in [2.75, 3.05) is 13.1 Å². The van der Waals surface area contributed by atoms with E-state index in [1.165, 1.54) is 9.87 Å². The molecule has 0 fully saturated rings. The van der Waals surface area contributed by atoms with Gasteiger partial charge in [-0.25, -0.2) is 4.72 Å². The second-order valence-electron chi connectivity index (χ2n) is 5.88. The zero-order valence-electron chi connectivity index (χ0n) is 13.6. The maximum Gasteiger partial charge on any atom is 0.280 e. The first-order valence-corrected chi connectivity index (χ1v) is 9.95. The SMILES string of the molecule is CCCNS(=O)(=O)N1CCc2ccccc2C1c1ccccc1Cl. The van der Waals surface area contributed by atoms with E-state index in [1.54, 1.807) is 6.07 Å². The van der Waals surface area contributed by atoms with Crippen LogP contribution >= 0.6 is 11.6 Å². The van der Waals surface area contributed by atoms with Gasteiger partial charge in [0.2, 0.25) is 0 Å². The van der Waals surface area contributed by atoms with Gasteiger partial charge in [-0.1, -0.05) is 61.0 Å². The van der Waals surface area contributed by atoms with Gasteiger partial charge in [-0.05, 0) is 35.6 Å². The molecule has 24 heavy (non-hydrogen) atoms. The Morgan fingerprint density at radius 1 is 1.12 bits per heavy atom. The molecule has 6 heteroatoms. The Balaban J connectivity index is 2.11. The monoisotopic (exact) mass is 364 g/mol. The van der Waals surface area contributed by atoms with E-state index in [2.05, 4.69) is 10.8 Å². The molecular formula is C18H21ClN2O2S. The molecule has 2 aromatic rings. The van der Waals surface area contributed by atoms with Crippen molar-refractivity contribution in [1.82, 2.24) is 9.03 Å². The highest BCUT2D eigenvalue weighted by Gasteiger charge is 2.36. The third-order valence-electron chi connectivity index (χ3n) is 4.28. The van der Waals surface area contributed by atoms with Gasteiger partial charge in [0.15, 0.2) is 0 Å². The number of rotatable bonds is 5. The number of nitrogens with one attached hydrogen (secondary N) is 1. The molecule has 0 aliphatic carbocycles. The van der Waals surface area contributed by atoms with Gasteiger partial charge in [-0.2, -0.15) is 12.7 Å². The summed E-state index contributed by atoms with van der Waals surface area (Å²) in [6, 6.07) is 15.0. The fourth-order valence-electron chi connectivity index (χ4n) is 3.14. The van der Waals surface area contributed by atoms with Gasteiger partial charge in [-0.3, -0.25) is 0 Å². The molecule has 0 saturated heterocycles. The van der Waals surface area contributed by atoms with Crippen LogP contribution in [-0.2, 0) is 16.6 Å². The number of hydrogen-bond acceptors (Lipinski definition) is 2. The largest absolute Gasteiger partial charge is 0.280 e. The Hall–Kier alpha value is -1.40. The van der Waals surface area contributed by atoms with Crippen LogP contribution in [-0.4, -0.2) is 25.8 Å². The standard InChI is InChI=1S/C18H21ClN2O2S/c1-2-12-20-24(22,23)21-13-11-14-7-3-4-8-15(14)18(21)16-9-5-6-10-17(16)19/h3-10,18,20H,2,11-13H2,1H3. The van der Waals surface area contributed by atoms with Crippen molar-refractivity contribution in [2.24, 2.45) is 0 Å². The number of hydrogen-bond donors (Lipinski definition) is 1. The highest BCUT2D eigenvalue weighted by molar-refractivity contribution is 7.87. The van der Waals surface area contributed by atoms with Crippen molar-refractivity contribution >= 4 is 21.8 Å². The summed E-state index contributed by atoms with van der Waals surface area (Å²) in [7, 11) is -3.58. The summed E-state index contributed by atoms with van der Waals surface area (Å²) in [4.78, 5) is 0. The second kappa shape index (κ2) is 7.23. The molecule has 1 atom stereocenters. The molecule has 0 spiro atoms. The summed E-state index contributed by atoms with van der Waals surface area (Å²) >= 11 is 6.40. The molecule has 128 valence electrons. The third-order valence-corrected chi connectivity index (χ3v) is 6.21. The maximum atomic E-state index is 12.8. The molecule has 0 bridgehead atoms. The summed E-state index contributed by atoms with van der Waals surface area (Å²) in [6.45, 7) is 2.81. The first-order valence-electron chi connectivity index (χ1n) is 8.13. The molecule has 1 aliphatic heterocycles. The Morgan fingerprint density at radius 2 is 1.79 bits per heavy atom. The molecule has 1 N–H and O–H groups in total. The smallest absolute Gasteiger partial charge is 0.202 e. The predicted molar refractivity (Wildman–Crippen MR) is 97.4 cm³/mol. The minimum atomic E-state index is -3.58. The molecule has 0 radical (unpaired) electrons. The minimum absolute atomic E-state index is 0.405. The van der Waals surface area contributed by atoms with Crippen LogP contribution in [0.15, 0.2) is 48.5 Å². The van der Waals surface area contributed by atoms with Crippen molar-refractivity contribution < 1.29 is 8.42 Å². The Morgan fingerprint density at radius 3 is 2.50 bits per heavy atom. The van der Waals surface area contributed by atoms with Crippen LogP contribution in [0.5, 0.6) is 0 Å². The van der Waals surface area contributed by atoms with Crippen molar-refractivity contribution in [2.45, 2.75) is 25.8 Å². The summed E-state index contributed by atoms with van der Waals surface area (Å²) in [5.41, 5.74) is 2.98. The molecular weight excluding hydrogens is 344 g/mol. The number of benzene rings is 2. The molecule has 1 unspecified atom stereocenters. The molecule has 1 heterocycles. The molecule has 1 aliphatic rings. The van der Waals surface area contributed by atoms with E-state index in [0.29, 0.717) is 24.5 Å². The highest BCUT2D eigenvalue weighted by atomic mass is 35.5. The van der Waals surface area contributed by atoms with Crippen molar-refractivity contribution in [3.63, 3.8) is 0 Å².